The third-order valence-electron chi connectivity index (χ3n) is 2.74. The number of amides is 1. The van der Waals surface area contributed by atoms with Gasteiger partial charge in [-0.05, 0) is 13.0 Å². The summed E-state index contributed by atoms with van der Waals surface area (Å²) >= 11 is 0. The first kappa shape index (κ1) is 10.9. The van der Waals surface area contributed by atoms with E-state index in [1.807, 2.05) is 0 Å². The van der Waals surface area contributed by atoms with Crippen molar-refractivity contribution in [2.75, 3.05) is 26.2 Å². The fraction of sp³-hybridized carbons (Fsp3) is 0.600. The van der Waals surface area contributed by atoms with Gasteiger partial charge < -0.3 is 10.2 Å². The summed E-state index contributed by atoms with van der Waals surface area (Å²) in [5.41, 5.74) is 0.186. The number of carbonyl (C=O) groups is 1. The Bertz CT molecular complexity index is 426. The summed E-state index contributed by atoms with van der Waals surface area (Å²) in [4.78, 5) is 25.0. The maximum Gasteiger partial charge on any atom is 0.271 e. The molecule has 1 fully saturated rings. The number of aromatic amines is 1. The molecule has 0 atom stereocenters. The SMILES string of the molecule is Cn1[nH]c(C(=O)N2CCCNCC2)cc1=O. The fourth-order valence-corrected chi connectivity index (χ4v) is 1.82. The van der Waals surface area contributed by atoms with Gasteiger partial charge in [0.2, 0.25) is 0 Å². The Morgan fingerprint density at radius 2 is 2.19 bits per heavy atom. The maximum atomic E-state index is 12.0. The minimum Gasteiger partial charge on any atom is -0.336 e. The molecule has 0 saturated carbocycles. The third-order valence-corrected chi connectivity index (χ3v) is 2.74. The molecule has 88 valence electrons. The van der Waals surface area contributed by atoms with Gasteiger partial charge in [0.25, 0.3) is 11.5 Å². The predicted octanol–water partition coefficient (Wildman–Crippen LogP) is -0.851. The lowest BCUT2D eigenvalue weighted by molar-refractivity contribution is 0.0759. The summed E-state index contributed by atoms with van der Waals surface area (Å²) in [5, 5.41) is 5.98. The molecule has 0 bridgehead atoms. The van der Waals surface area contributed by atoms with Crippen molar-refractivity contribution in [3.63, 3.8) is 0 Å². The minimum atomic E-state index is -0.184. The molecule has 6 nitrogen and oxygen atoms in total. The fourth-order valence-electron chi connectivity index (χ4n) is 1.82. The molecule has 1 aliphatic rings. The largest absolute Gasteiger partial charge is 0.336 e. The van der Waals surface area contributed by atoms with Crippen LogP contribution in [0.15, 0.2) is 10.9 Å². The Morgan fingerprint density at radius 1 is 1.38 bits per heavy atom. The summed E-state index contributed by atoms with van der Waals surface area (Å²) in [5.74, 6) is -0.0959. The number of nitrogens with zero attached hydrogens (tertiary/aromatic N) is 2. The Morgan fingerprint density at radius 3 is 2.88 bits per heavy atom. The summed E-state index contributed by atoms with van der Waals surface area (Å²) in [6.45, 7) is 3.18. The molecule has 0 radical (unpaired) electrons. The van der Waals surface area contributed by atoms with Crippen LogP contribution in [0.3, 0.4) is 0 Å². The molecule has 1 aliphatic heterocycles. The van der Waals surface area contributed by atoms with E-state index in [1.54, 1.807) is 11.9 Å². The molecule has 6 heteroatoms. The number of hydrogen-bond acceptors (Lipinski definition) is 3. The lowest BCUT2D eigenvalue weighted by atomic mass is 10.3. The first-order valence-electron chi connectivity index (χ1n) is 5.44. The topological polar surface area (TPSA) is 70.1 Å². The van der Waals surface area contributed by atoms with Gasteiger partial charge in [-0.1, -0.05) is 0 Å². The van der Waals surface area contributed by atoms with Crippen LogP contribution in [-0.2, 0) is 7.05 Å². The average molecular weight is 224 g/mol. The summed E-state index contributed by atoms with van der Waals surface area (Å²) in [7, 11) is 1.60. The van der Waals surface area contributed by atoms with E-state index in [2.05, 4.69) is 10.4 Å². The standard InChI is InChI=1S/C10H16N4O2/c1-13-9(15)7-8(12-13)10(16)14-5-2-3-11-4-6-14/h7,11-12H,2-6H2,1H3. The van der Waals surface area contributed by atoms with E-state index in [0.717, 1.165) is 26.1 Å². The summed E-state index contributed by atoms with van der Waals surface area (Å²) < 4.78 is 1.31. The van der Waals surface area contributed by atoms with E-state index in [-0.39, 0.29) is 11.5 Å². The average Bonchev–Trinajstić information content (AvgIpc) is 2.51. The first-order valence-corrected chi connectivity index (χ1v) is 5.44. The molecule has 0 unspecified atom stereocenters. The molecule has 1 amide bonds. The van der Waals surface area contributed by atoms with Crippen LogP contribution < -0.4 is 10.9 Å². The van der Waals surface area contributed by atoms with E-state index in [4.69, 9.17) is 0 Å². The number of carbonyl (C=O) groups excluding carboxylic acids is 1. The van der Waals surface area contributed by atoms with Crippen molar-refractivity contribution in [1.82, 2.24) is 20.0 Å². The lowest BCUT2D eigenvalue weighted by Crippen LogP contribution is -2.34. The van der Waals surface area contributed by atoms with Crippen LogP contribution in [0.1, 0.15) is 16.9 Å². The van der Waals surface area contributed by atoms with E-state index >= 15 is 0 Å². The minimum absolute atomic E-state index is 0.0959. The molecule has 1 aromatic rings. The van der Waals surface area contributed by atoms with Gasteiger partial charge in [-0.2, -0.15) is 0 Å². The molecule has 2 rings (SSSR count). The Balaban J connectivity index is 2.14. The van der Waals surface area contributed by atoms with Gasteiger partial charge in [0, 0.05) is 32.7 Å². The van der Waals surface area contributed by atoms with E-state index in [1.165, 1.54) is 10.7 Å². The molecular formula is C10H16N4O2. The lowest BCUT2D eigenvalue weighted by Gasteiger charge is -2.18. The smallest absolute Gasteiger partial charge is 0.271 e. The van der Waals surface area contributed by atoms with Crippen molar-refractivity contribution < 1.29 is 4.79 Å². The normalized spacial score (nSPS) is 17.2. The van der Waals surface area contributed by atoms with Crippen molar-refractivity contribution in [1.29, 1.82) is 0 Å². The van der Waals surface area contributed by atoms with Crippen LogP contribution in [0.4, 0.5) is 0 Å². The van der Waals surface area contributed by atoms with Crippen molar-refractivity contribution in [3.8, 4) is 0 Å². The Kier molecular flexibility index (Phi) is 3.09. The maximum absolute atomic E-state index is 12.0. The van der Waals surface area contributed by atoms with Crippen molar-refractivity contribution in [2.45, 2.75) is 6.42 Å². The highest BCUT2D eigenvalue weighted by molar-refractivity contribution is 5.92. The second-order valence-electron chi connectivity index (χ2n) is 3.96. The van der Waals surface area contributed by atoms with Crippen molar-refractivity contribution >= 4 is 5.91 Å². The highest BCUT2D eigenvalue weighted by Crippen LogP contribution is 2.02. The van der Waals surface area contributed by atoms with Crippen LogP contribution in [-0.4, -0.2) is 46.8 Å². The van der Waals surface area contributed by atoms with Crippen LogP contribution in [0, 0.1) is 0 Å². The van der Waals surface area contributed by atoms with Gasteiger partial charge in [0.05, 0.1) is 0 Å². The monoisotopic (exact) mass is 224 g/mol. The van der Waals surface area contributed by atoms with Crippen LogP contribution >= 0.6 is 0 Å². The van der Waals surface area contributed by atoms with Gasteiger partial charge in [-0.3, -0.25) is 19.4 Å². The van der Waals surface area contributed by atoms with Gasteiger partial charge in [-0.15, -0.1) is 0 Å². The number of aromatic nitrogens is 2. The Labute approximate surface area is 93.2 Å². The molecule has 0 aromatic carbocycles. The Hall–Kier alpha value is -1.56. The highest BCUT2D eigenvalue weighted by atomic mass is 16.2. The second kappa shape index (κ2) is 4.52. The van der Waals surface area contributed by atoms with E-state index < -0.39 is 0 Å². The number of nitrogens with one attached hydrogen (secondary N) is 2. The van der Waals surface area contributed by atoms with Gasteiger partial charge in [0.15, 0.2) is 0 Å². The van der Waals surface area contributed by atoms with Gasteiger partial charge in [-0.25, -0.2) is 0 Å². The van der Waals surface area contributed by atoms with Gasteiger partial charge in [0.1, 0.15) is 5.69 Å². The van der Waals surface area contributed by atoms with Crippen molar-refractivity contribution in [2.24, 2.45) is 7.05 Å². The quantitative estimate of drug-likeness (QED) is 0.652. The zero-order chi connectivity index (χ0) is 11.5. The number of rotatable bonds is 1. The third kappa shape index (κ3) is 2.16. The molecule has 2 N–H and O–H groups in total. The second-order valence-corrected chi connectivity index (χ2v) is 3.96. The zero-order valence-electron chi connectivity index (χ0n) is 9.32. The first-order chi connectivity index (χ1) is 7.68. The van der Waals surface area contributed by atoms with E-state index in [9.17, 15) is 9.59 Å². The molecule has 0 spiro atoms. The van der Waals surface area contributed by atoms with E-state index in [0.29, 0.717) is 12.2 Å². The molecule has 16 heavy (non-hydrogen) atoms. The molecule has 0 aliphatic carbocycles. The van der Waals surface area contributed by atoms with Crippen LogP contribution in [0.25, 0.3) is 0 Å². The number of aryl methyl sites for hydroxylation is 1. The number of hydrogen-bond donors (Lipinski definition) is 2. The van der Waals surface area contributed by atoms with Crippen molar-refractivity contribution in [3.05, 3.63) is 22.1 Å². The van der Waals surface area contributed by atoms with Crippen LogP contribution in [0.5, 0.6) is 0 Å². The molecule has 1 aromatic heterocycles. The highest BCUT2D eigenvalue weighted by Gasteiger charge is 2.18. The zero-order valence-corrected chi connectivity index (χ0v) is 9.32. The molecular weight excluding hydrogens is 208 g/mol. The van der Waals surface area contributed by atoms with Crippen LogP contribution in [0.2, 0.25) is 0 Å². The summed E-state index contributed by atoms with van der Waals surface area (Å²) in [6, 6.07) is 1.35. The number of H-pyrrole nitrogens is 1. The van der Waals surface area contributed by atoms with Gasteiger partial charge >= 0.3 is 0 Å². The molecule has 2 heterocycles. The predicted molar refractivity (Wildman–Crippen MR) is 59.4 cm³/mol. The summed E-state index contributed by atoms with van der Waals surface area (Å²) in [6.07, 6.45) is 0.947. The molecule has 1 saturated heterocycles.